The van der Waals surface area contributed by atoms with E-state index in [1.807, 2.05) is 0 Å². The first-order chi connectivity index (χ1) is 11.5. The van der Waals surface area contributed by atoms with Crippen LogP contribution in [-0.4, -0.2) is 55.0 Å². The lowest BCUT2D eigenvalue weighted by Crippen LogP contribution is -2.45. The summed E-state index contributed by atoms with van der Waals surface area (Å²) in [6, 6.07) is 6.94. The summed E-state index contributed by atoms with van der Waals surface area (Å²) in [6.45, 7) is 9.30. The molecule has 1 aromatic rings. The third kappa shape index (κ3) is 5.42. The molecule has 24 heavy (non-hydrogen) atoms. The summed E-state index contributed by atoms with van der Waals surface area (Å²) in [5.41, 5.74) is 0.937. The van der Waals surface area contributed by atoms with Crippen molar-refractivity contribution >= 4 is 11.7 Å². The zero-order valence-corrected chi connectivity index (χ0v) is 14.9. The van der Waals surface area contributed by atoms with Gasteiger partial charge >= 0.3 is 0 Å². The van der Waals surface area contributed by atoms with E-state index in [-0.39, 0.29) is 23.9 Å². The lowest BCUT2D eigenvalue weighted by Gasteiger charge is -2.35. The van der Waals surface area contributed by atoms with Crippen LogP contribution in [0.15, 0.2) is 24.3 Å². The molecule has 0 radical (unpaired) electrons. The molecule has 0 aromatic heterocycles. The van der Waals surface area contributed by atoms with Gasteiger partial charge in [0.1, 0.15) is 0 Å². The SMILES string of the molecule is CC(=O)c1ccccc1C(=O)NCCCCN1CC(C)OC(C)C1. The third-order valence-electron chi connectivity index (χ3n) is 4.23. The van der Waals surface area contributed by atoms with Crippen molar-refractivity contribution in [3.8, 4) is 0 Å². The first kappa shape index (κ1) is 18.6. The van der Waals surface area contributed by atoms with Gasteiger partial charge in [0.05, 0.1) is 17.8 Å². The molecule has 0 saturated carbocycles. The van der Waals surface area contributed by atoms with Crippen molar-refractivity contribution in [1.82, 2.24) is 10.2 Å². The molecule has 0 bridgehead atoms. The quantitative estimate of drug-likeness (QED) is 0.616. The molecule has 2 unspecified atom stereocenters. The van der Waals surface area contributed by atoms with Gasteiger partial charge in [0, 0.05) is 25.2 Å². The van der Waals surface area contributed by atoms with Gasteiger partial charge in [0.15, 0.2) is 5.78 Å². The van der Waals surface area contributed by atoms with Crippen LogP contribution >= 0.6 is 0 Å². The van der Waals surface area contributed by atoms with E-state index in [2.05, 4.69) is 24.1 Å². The minimum Gasteiger partial charge on any atom is -0.373 e. The van der Waals surface area contributed by atoms with Crippen LogP contribution in [0.4, 0.5) is 0 Å². The summed E-state index contributed by atoms with van der Waals surface area (Å²) < 4.78 is 5.73. The molecule has 1 heterocycles. The highest BCUT2D eigenvalue weighted by Crippen LogP contribution is 2.12. The van der Waals surface area contributed by atoms with Gasteiger partial charge in [0.25, 0.3) is 5.91 Å². The van der Waals surface area contributed by atoms with Crippen LogP contribution in [0.1, 0.15) is 54.3 Å². The van der Waals surface area contributed by atoms with Crippen LogP contribution in [0.5, 0.6) is 0 Å². The monoisotopic (exact) mass is 332 g/mol. The second kappa shape index (κ2) is 8.94. The molecular weight excluding hydrogens is 304 g/mol. The van der Waals surface area contributed by atoms with E-state index in [4.69, 9.17) is 4.74 Å². The predicted octanol–water partition coefficient (Wildman–Crippen LogP) is 2.51. The summed E-state index contributed by atoms with van der Waals surface area (Å²) >= 11 is 0. The number of ether oxygens (including phenoxy) is 1. The van der Waals surface area contributed by atoms with E-state index >= 15 is 0 Å². The molecule has 1 aliphatic heterocycles. The van der Waals surface area contributed by atoms with Crippen LogP contribution in [0, 0.1) is 0 Å². The molecule has 2 rings (SSSR count). The highest BCUT2D eigenvalue weighted by atomic mass is 16.5. The Morgan fingerprint density at radius 1 is 1.12 bits per heavy atom. The number of carbonyl (C=O) groups is 2. The third-order valence-corrected chi connectivity index (χ3v) is 4.23. The number of benzene rings is 1. The Labute approximate surface area is 144 Å². The van der Waals surface area contributed by atoms with Gasteiger partial charge in [-0.25, -0.2) is 0 Å². The average Bonchev–Trinajstić information content (AvgIpc) is 2.53. The van der Waals surface area contributed by atoms with Gasteiger partial charge in [-0.15, -0.1) is 0 Å². The Balaban J connectivity index is 1.71. The molecule has 1 amide bonds. The van der Waals surface area contributed by atoms with E-state index in [9.17, 15) is 9.59 Å². The number of ketones is 1. The van der Waals surface area contributed by atoms with Crippen LogP contribution in [0.2, 0.25) is 0 Å². The van der Waals surface area contributed by atoms with Gasteiger partial charge in [-0.05, 0) is 46.2 Å². The summed E-state index contributed by atoms with van der Waals surface area (Å²) in [7, 11) is 0. The van der Waals surface area contributed by atoms with Crippen molar-refractivity contribution in [2.24, 2.45) is 0 Å². The van der Waals surface area contributed by atoms with Gasteiger partial charge in [-0.3, -0.25) is 14.5 Å². The number of Topliss-reactive ketones (excluding diaryl/α,β-unsaturated/α-hetero) is 1. The van der Waals surface area contributed by atoms with Crippen molar-refractivity contribution in [1.29, 1.82) is 0 Å². The number of hydrogen-bond acceptors (Lipinski definition) is 4. The Bertz CT molecular complexity index is 563. The summed E-state index contributed by atoms with van der Waals surface area (Å²) in [6.07, 6.45) is 2.54. The van der Waals surface area contributed by atoms with Gasteiger partial charge in [-0.2, -0.15) is 0 Å². The number of carbonyl (C=O) groups excluding carboxylic acids is 2. The summed E-state index contributed by atoms with van der Waals surface area (Å²) in [5, 5.41) is 2.92. The smallest absolute Gasteiger partial charge is 0.252 e. The lowest BCUT2D eigenvalue weighted by molar-refractivity contribution is -0.0681. The van der Waals surface area contributed by atoms with Crippen LogP contribution in [0.25, 0.3) is 0 Å². The highest BCUT2D eigenvalue weighted by Gasteiger charge is 2.21. The predicted molar refractivity (Wildman–Crippen MR) is 94.5 cm³/mol. The fourth-order valence-corrected chi connectivity index (χ4v) is 3.21. The first-order valence-electron chi connectivity index (χ1n) is 8.73. The molecular formula is C19H28N2O3. The van der Waals surface area contributed by atoms with Crippen molar-refractivity contribution in [3.05, 3.63) is 35.4 Å². The number of rotatable bonds is 7. The zero-order chi connectivity index (χ0) is 17.5. The first-order valence-corrected chi connectivity index (χ1v) is 8.73. The molecule has 1 N–H and O–H groups in total. The van der Waals surface area contributed by atoms with Crippen molar-refractivity contribution in [2.75, 3.05) is 26.2 Å². The fourth-order valence-electron chi connectivity index (χ4n) is 3.21. The Hall–Kier alpha value is -1.72. The van der Waals surface area contributed by atoms with Gasteiger partial charge in [0.2, 0.25) is 0 Å². The number of unbranched alkanes of at least 4 members (excludes halogenated alkanes) is 1. The summed E-state index contributed by atoms with van der Waals surface area (Å²) in [5.74, 6) is -0.259. The molecule has 1 saturated heterocycles. The molecule has 5 nitrogen and oxygen atoms in total. The van der Waals surface area contributed by atoms with Gasteiger partial charge in [-0.1, -0.05) is 18.2 Å². The zero-order valence-electron chi connectivity index (χ0n) is 14.9. The van der Waals surface area contributed by atoms with E-state index in [0.717, 1.165) is 32.5 Å². The maximum Gasteiger partial charge on any atom is 0.252 e. The van der Waals surface area contributed by atoms with Crippen LogP contribution in [-0.2, 0) is 4.74 Å². The molecule has 1 fully saturated rings. The van der Waals surface area contributed by atoms with Gasteiger partial charge < -0.3 is 10.1 Å². The maximum atomic E-state index is 12.2. The van der Waals surface area contributed by atoms with Crippen LogP contribution in [0.3, 0.4) is 0 Å². The number of nitrogens with zero attached hydrogens (tertiary/aromatic N) is 1. The summed E-state index contributed by atoms with van der Waals surface area (Å²) in [4.78, 5) is 26.2. The van der Waals surface area contributed by atoms with E-state index in [1.54, 1.807) is 24.3 Å². The lowest BCUT2D eigenvalue weighted by atomic mass is 10.0. The second-order valence-electron chi connectivity index (χ2n) is 6.58. The second-order valence-corrected chi connectivity index (χ2v) is 6.58. The molecule has 0 spiro atoms. The van der Waals surface area contributed by atoms with E-state index in [0.29, 0.717) is 17.7 Å². The fraction of sp³-hybridized carbons (Fsp3) is 0.579. The highest BCUT2D eigenvalue weighted by molar-refractivity contribution is 6.07. The topological polar surface area (TPSA) is 58.6 Å². The Morgan fingerprint density at radius 2 is 1.75 bits per heavy atom. The van der Waals surface area contributed by atoms with Crippen molar-refractivity contribution in [2.45, 2.75) is 45.8 Å². The standard InChI is InChI=1S/C19H28N2O3/c1-14-12-21(13-15(2)24-14)11-7-6-10-20-19(23)18-9-5-4-8-17(18)16(3)22/h4-5,8-9,14-15H,6-7,10-13H2,1-3H3,(H,20,23). The molecule has 0 aliphatic carbocycles. The van der Waals surface area contributed by atoms with Crippen molar-refractivity contribution in [3.63, 3.8) is 0 Å². The van der Waals surface area contributed by atoms with Crippen LogP contribution < -0.4 is 5.32 Å². The molecule has 1 aliphatic rings. The van der Waals surface area contributed by atoms with Crippen molar-refractivity contribution < 1.29 is 14.3 Å². The molecule has 1 aromatic carbocycles. The maximum absolute atomic E-state index is 12.2. The molecule has 5 heteroatoms. The number of nitrogens with one attached hydrogen (secondary N) is 1. The Kier molecular flexibility index (Phi) is 6.94. The number of amides is 1. The minimum atomic E-state index is -0.172. The normalized spacial score (nSPS) is 21.5. The largest absolute Gasteiger partial charge is 0.373 e. The molecule has 2 atom stereocenters. The minimum absolute atomic E-state index is 0.0868. The molecule has 132 valence electrons. The van der Waals surface area contributed by atoms with E-state index in [1.165, 1.54) is 6.92 Å². The van der Waals surface area contributed by atoms with E-state index < -0.39 is 0 Å². The average molecular weight is 332 g/mol. The Morgan fingerprint density at radius 3 is 2.38 bits per heavy atom. The number of morpholine rings is 1. The number of hydrogen-bond donors (Lipinski definition) is 1.